The van der Waals surface area contributed by atoms with Gasteiger partial charge in [0, 0.05) is 36.0 Å². The summed E-state index contributed by atoms with van der Waals surface area (Å²) in [7, 11) is 1.57. The van der Waals surface area contributed by atoms with Crippen LogP contribution in [0.1, 0.15) is 50.0 Å². The van der Waals surface area contributed by atoms with E-state index >= 15 is 0 Å². The summed E-state index contributed by atoms with van der Waals surface area (Å²) in [5.74, 6) is -2.27. The van der Waals surface area contributed by atoms with E-state index in [-0.39, 0.29) is 41.5 Å². The topological polar surface area (TPSA) is 150 Å². The number of H-pyrrole nitrogens is 1. The first-order valence-electron chi connectivity index (χ1n) is 14.0. The fourth-order valence-corrected chi connectivity index (χ4v) is 6.66. The van der Waals surface area contributed by atoms with Crippen LogP contribution < -0.4 is 20.7 Å². The molecule has 5 atom stereocenters. The van der Waals surface area contributed by atoms with Gasteiger partial charge in [-0.3, -0.25) is 24.0 Å². The van der Waals surface area contributed by atoms with Crippen LogP contribution in [-0.4, -0.2) is 77.6 Å². The SMILES string of the molecule is COc1cccc2[nH]c(C(=O)N3CC4C(C3C(=O)NC(CC3CCNC3=O)C(=O)C(=O)NC3CC3)C4(C)C)cc12. The number of fused-ring (bicyclic) bond motifs is 2. The fourth-order valence-electron chi connectivity index (χ4n) is 6.66. The number of aromatic amines is 1. The predicted molar refractivity (Wildman–Crippen MR) is 144 cm³/mol. The molecule has 0 spiro atoms. The maximum atomic E-state index is 13.9. The van der Waals surface area contributed by atoms with Gasteiger partial charge in [0.2, 0.25) is 17.6 Å². The van der Waals surface area contributed by atoms with Gasteiger partial charge < -0.3 is 30.6 Å². The normalized spacial score (nSPS) is 27.1. The average Bonchev–Trinajstić information content (AvgIpc) is 3.56. The van der Waals surface area contributed by atoms with E-state index in [1.807, 2.05) is 18.2 Å². The van der Waals surface area contributed by atoms with E-state index in [0.29, 0.717) is 31.0 Å². The van der Waals surface area contributed by atoms with Gasteiger partial charge in [-0.2, -0.15) is 0 Å². The highest BCUT2D eigenvalue weighted by atomic mass is 16.5. The van der Waals surface area contributed by atoms with Gasteiger partial charge in [0.25, 0.3) is 11.8 Å². The molecule has 3 heterocycles. The number of ether oxygens (including phenoxy) is 1. The van der Waals surface area contributed by atoms with Crippen LogP contribution in [0.25, 0.3) is 10.9 Å². The van der Waals surface area contributed by atoms with Crippen LogP contribution in [0.3, 0.4) is 0 Å². The quantitative estimate of drug-likeness (QED) is 0.345. The average molecular weight is 550 g/mol. The zero-order chi connectivity index (χ0) is 28.3. The van der Waals surface area contributed by atoms with E-state index in [4.69, 9.17) is 4.74 Å². The number of hydrogen-bond acceptors (Lipinski definition) is 6. The number of nitrogens with zero attached hydrogens (tertiary/aromatic N) is 1. The number of likely N-dealkylation sites (tertiary alicyclic amines) is 1. The standard InChI is InChI=1S/C29H35N5O6/c1-29(2)17-13-34(28(39)20-12-16-18(32-20)5-4-6-21(16)40-3)23(22(17)29)26(37)33-19(11-14-9-10-30-25(14)36)24(35)27(38)31-15-7-8-15/h4-6,12,14-15,17,19,22-23,32H,7-11,13H2,1-3H3,(H,30,36)(H,31,38)(H,33,37). The first-order chi connectivity index (χ1) is 19.1. The van der Waals surface area contributed by atoms with Crippen molar-refractivity contribution in [3.63, 3.8) is 0 Å². The summed E-state index contributed by atoms with van der Waals surface area (Å²) in [5.41, 5.74) is 0.947. The van der Waals surface area contributed by atoms with Crippen LogP contribution in [0.5, 0.6) is 5.75 Å². The Morgan fingerprint density at radius 3 is 2.62 bits per heavy atom. The summed E-state index contributed by atoms with van der Waals surface area (Å²) in [6, 6.07) is 5.25. The van der Waals surface area contributed by atoms with Crippen LogP contribution in [0.15, 0.2) is 24.3 Å². The van der Waals surface area contributed by atoms with Gasteiger partial charge in [0.15, 0.2) is 0 Å². The number of amides is 4. The van der Waals surface area contributed by atoms with Gasteiger partial charge in [-0.05, 0) is 61.1 Å². The Morgan fingerprint density at radius 2 is 1.95 bits per heavy atom. The molecular formula is C29H35N5O6. The van der Waals surface area contributed by atoms with Crippen molar-refractivity contribution in [2.24, 2.45) is 23.2 Å². The van der Waals surface area contributed by atoms with Crippen molar-refractivity contribution in [3.05, 3.63) is 30.0 Å². The highest BCUT2D eigenvalue weighted by molar-refractivity contribution is 6.38. The van der Waals surface area contributed by atoms with Crippen LogP contribution in [0, 0.1) is 23.2 Å². The minimum atomic E-state index is -1.16. The summed E-state index contributed by atoms with van der Waals surface area (Å²) < 4.78 is 5.43. The smallest absolute Gasteiger partial charge is 0.289 e. The molecule has 6 rings (SSSR count). The number of aromatic nitrogens is 1. The largest absolute Gasteiger partial charge is 0.496 e. The number of piperidine rings is 1. The summed E-state index contributed by atoms with van der Waals surface area (Å²) in [6.45, 7) is 5.05. The maximum Gasteiger partial charge on any atom is 0.289 e. The third-order valence-electron chi connectivity index (χ3n) is 9.26. The highest BCUT2D eigenvalue weighted by Gasteiger charge is 2.69. The van der Waals surface area contributed by atoms with Crippen molar-refractivity contribution in [2.75, 3.05) is 20.2 Å². The predicted octanol–water partition coefficient (Wildman–Crippen LogP) is 1.13. The molecule has 4 amide bonds. The molecule has 5 unspecified atom stereocenters. The number of rotatable bonds is 9. The van der Waals surface area contributed by atoms with Gasteiger partial charge in [-0.25, -0.2) is 0 Å². The Labute approximate surface area is 231 Å². The van der Waals surface area contributed by atoms with Crippen molar-refractivity contribution in [1.29, 1.82) is 0 Å². The van der Waals surface area contributed by atoms with E-state index < -0.39 is 35.6 Å². The summed E-state index contributed by atoms with van der Waals surface area (Å²) in [6.07, 6.45) is 2.20. The molecule has 4 aliphatic rings. The molecule has 1 aromatic heterocycles. The number of ketones is 1. The Kier molecular flexibility index (Phi) is 6.35. The Hall–Kier alpha value is -3.89. The molecule has 2 saturated carbocycles. The molecule has 11 nitrogen and oxygen atoms in total. The van der Waals surface area contributed by atoms with Crippen LogP contribution in [-0.2, 0) is 19.2 Å². The van der Waals surface area contributed by atoms with Crippen molar-refractivity contribution in [2.45, 2.75) is 57.7 Å². The third-order valence-corrected chi connectivity index (χ3v) is 9.26. The number of hydrogen-bond donors (Lipinski definition) is 4. The van der Waals surface area contributed by atoms with Crippen LogP contribution in [0.4, 0.5) is 0 Å². The maximum absolute atomic E-state index is 13.9. The molecule has 0 bridgehead atoms. The first kappa shape index (κ1) is 26.3. The highest BCUT2D eigenvalue weighted by Crippen LogP contribution is 2.65. The molecule has 212 valence electrons. The number of benzene rings is 1. The van der Waals surface area contributed by atoms with E-state index in [1.165, 1.54) is 0 Å². The van der Waals surface area contributed by atoms with E-state index in [0.717, 1.165) is 23.7 Å². The van der Waals surface area contributed by atoms with E-state index in [9.17, 15) is 24.0 Å². The fraction of sp³-hybridized carbons (Fsp3) is 0.552. The summed E-state index contributed by atoms with van der Waals surface area (Å²) in [4.78, 5) is 70.6. The number of nitrogens with one attached hydrogen (secondary N) is 4. The molecule has 11 heteroatoms. The van der Waals surface area contributed by atoms with Gasteiger partial charge in [0.05, 0.1) is 13.2 Å². The molecule has 1 aromatic carbocycles. The van der Waals surface area contributed by atoms with Crippen molar-refractivity contribution < 1.29 is 28.7 Å². The minimum Gasteiger partial charge on any atom is -0.496 e. The van der Waals surface area contributed by atoms with Gasteiger partial charge >= 0.3 is 0 Å². The molecule has 40 heavy (non-hydrogen) atoms. The second-order valence-corrected chi connectivity index (χ2v) is 12.1. The molecule has 0 radical (unpaired) electrons. The lowest BCUT2D eigenvalue weighted by Gasteiger charge is -2.31. The molecule has 4 fully saturated rings. The second-order valence-electron chi connectivity index (χ2n) is 12.1. The molecule has 4 N–H and O–H groups in total. The minimum absolute atomic E-state index is 0.0199. The molecule has 2 aromatic rings. The lowest BCUT2D eigenvalue weighted by Crippen LogP contribution is -2.56. The third kappa shape index (κ3) is 4.50. The van der Waals surface area contributed by atoms with Crippen molar-refractivity contribution in [3.8, 4) is 5.75 Å². The summed E-state index contributed by atoms with van der Waals surface area (Å²) in [5, 5.41) is 9.01. The Bertz CT molecular complexity index is 1410. The van der Waals surface area contributed by atoms with Crippen LogP contribution in [0.2, 0.25) is 0 Å². The van der Waals surface area contributed by atoms with E-state index in [1.54, 1.807) is 18.1 Å². The zero-order valence-electron chi connectivity index (χ0n) is 22.9. The lowest BCUT2D eigenvalue weighted by atomic mass is 9.94. The van der Waals surface area contributed by atoms with Gasteiger partial charge in [-0.1, -0.05) is 19.9 Å². The molecule has 2 aliphatic heterocycles. The summed E-state index contributed by atoms with van der Waals surface area (Å²) >= 11 is 0. The number of methoxy groups -OCH3 is 1. The Morgan fingerprint density at radius 1 is 1.18 bits per heavy atom. The lowest BCUT2D eigenvalue weighted by molar-refractivity contribution is -0.141. The molecule has 2 saturated heterocycles. The van der Waals surface area contributed by atoms with Crippen molar-refractivity contribution in [1.82, 2.24) is 25.8 Å². The molecular weight excluding hydrogens is 514 g/mol. The zero-order valence-corrected chi connectivity index (χ0v) is 22.9. The second kappa shape index (κ2) is 9.64. The monoisotopic (exact) mass is 549 g/mol. The molecule has 2 aliphatic carbocycles. The number of carbonyl (C=O) groups is 5. The first-order valence-corrected chi connectivity index (χ1v) is 14.0. The van der Waals surface area contributed by atoms with Gasteiger partial charge in [0.1, 0.15) is 17.5 Å². The van der Waals surface area contributed by atoms with E-state index in [2.05, 4.69) is 34.8 Å². The van der Waals surface area contributed by atoms with Crippen LogP contribution >= 0.6 is 0 Å². The van der Waals surface area contributed by atoms with Gasteiger partial charge in [-0.15, -0.1) is 0 Å². The Balaban J connectivity index is 1.25. The number of Topliss-reactive ketones (excluding diaryl/α,β-unsaturated/α-hetero) is 1. The van der Waals surface area contributed by atoms with Crippen molar-refractivity contribution >= 4 is 40.3 Å². The number of carbonyl (C=O) groups excluding carboxylic acids is 5.